The van der Waals surface area contributed by atoms with E-state index in [9.17, 15) is 4.79 Å². The van der Waals surface area contributed by atoms with Crippen molar-refractivity contribution in [1.29, 1.82) is 0 Å². The maximum absolute atomic E-state index is 11.0. The smallest absolute Gasteiger partial charge is 0.310 e. The SMILES string of the molecule is COC(=O)Cc1c(C)ccnc1C. The molecule has 1 aromatic heterocycles. The van der Waals surface area contributed by atoms with Crippen molar-refractivity contribution in [1.82, 2.24) is 4.98 Å². The number of aryl methyl sites for hydroxylation is 2. The largest absolute Gasteiger partial charge is 0.469 e. The summed E-state index contributed by atoms with van der Waals surface area (Å²) in [7, 11) is 1.39. The minimum atomic E-state index is -0.223. The van der Waals surface area contributed by atoms with Crippen molar-refractivity contribution in [2.75, 3.05) is 7.11 Å². The lowest BCUT2D eigenvalue weighted by Crippen LogP contribution is -2.08. The van der Waals surface area contributed by atoms with Crippen molar-refractivity contribution >= 4 is 5.97 Å². The number of carbonyl (C=O) groups excluding carboxylic acids is 1. The molecule has 0 saturated heterocycles. The molecule has 1 heterocycles. The zero-order valence-electron chi connectivity index (χ0n) is 8.13. The first-order chi connectivity index (χ1) is 6.15. The Balaban J connectivity index is 2.93. The molecule has 0 radical (unpaired) electrons. The molecule has 0 amide bonds. The van der Waals surface area contributed by atoms with Crippen molar-refractivity contribution < 1.29 is 9.53 Å². The number of rotatable bonds is 2. The zero-order chi connectivity index (χ0) is 9.84. The van der Waals surface area contributed by atoms with Gasteiger partial charge >= 0.3 is 5.97 Å². The third-order valence-corrected chi connectivity index (χ3v) is 2.05. The number of hydrogen-bond donors (Lipinski definition) is 0. The molecule has 3 heteroatoms. The first-order valence-corrected chi connectivity index (χ1v) is 4.13. The summed E-state index contributed by atoms with van der Waals surface area (Å²) in [5.74, 6) is -0.223. The van der Waals surface area contributed by atoms with Crippen LogP contribution in [0.1, 0.15) is 16.8 Å². The molecule has 0 unspecified atom stereocenters. The number of ether oxygens (including phenoxy) is 1. The summed E-state index contributed by atoms with van der Waals surface area (Å²) in [4.78, 5) is 15.2. The van der Waals surface area contributed by atoms with E-state index < -0.39 is 0 Å². The van der Waals surface area contributed by atoms with Gasteiger partial charge in [0.15, 0.2) is 0 Å². The minimum Gasteiger partial charge on any atom is -0.469 e. The molecular weight excluding hydrogens is 166 g/mol. The maximum Gasteiger partial charge on any atom is 0.310 e. The Kier molecular flexibility index (Phi) is 3.01. The molecule has 0 fully saturated rings. The summed E-state index contributed by atoms with van der Waals surface area (Å²) in [5, 5.41) is 0. The fourth-order valence-corrected chi connectivity index (χ4v) is 1.21. The molecule has 70 valence electrons. The molecule has 0 N–H and O–H groups in total. The van der Waals surface area contributed by atoms with Crippen molar-refractivity contribution in [3.05, 3.63) is 29.1 Å². The number of carbonyl (C=O) groups is 1. The summed E-state index contributed by atoms with van der Waals surface area (Å²) in [5.41, 5.74) is 2.94. The molecular formula is C10H13NO2. The summed E-state index contributed by atoms with van der Waals surface area (Å²) in [6.45, 7) is 3.86. The van der Waals surface area contributed by atoms with Crippen LogP contribution in [0.3, 0.4) is 0 Å². The van der Waals surface area contributed by atoms with Crippen LogP contribution in [-0.4, -0.2) is 18.1 Å². The Bertz CT molecular complexity index is 300. The van der Waals surface area contributed by atoms with Gasteiger partial charge in [-0.3, -0.25) is 9.78 Å². The summed E-state index contributed by atoms with van der Waals surface area (Å²) in [6.07, 6.45) is 2.05. The number of esters is 1. The zero-order valence-corrected chi connectivity index (χ0v) is 8.13. The average Bonchev–Trinajstić information content (AvgIpc) is 2.11. The highest BCUT2D eigenvalue weighted by molar-refractivity contribution is 5.73. The van der Waals surface area contributed by atoms with Crippen LogP contribution < -0.4 is 0 Å². The van der Waals surface area contributed by atoms with E-state index in [0.717, 1.165) is 16.8 Å². The predicted molar refractivity (Wildman–Crippen MR) is 49.4 cm³/mol. The Labute approximate surface area is 77.8 Å². The molecule has 0 aliphatic carbocycles. The number of methoxy groups -OCH3 is 1. The van der Waals surface area contributed by atoms with Crippen LogP contribution in [-0.2, 0) is 16.0 Å². The van der Waals surface area contributed by atoms with E-state index in [0.29, 0.717) is 6.42 Å². The Morgan fingerprint density at radius 2 is 2.23 bits per heavy atom. The first kappa shape index (κ1) is 9.71. The molecule has 0 saturated carbocycles. The van der Waals surface area contributed by atoms with Gasteiger partial charge in [-0.2, -0.15) is 0 Å². The lowest BCUT2D eigenvalue weighted by Gasteiger charge is -2.06. The molecule has 1 rings (SSSR count). The monoisotopic (exact) mass is 179 g/mol. The van der Waals surface area contributed by atoms with Crippen molar-refractivity contribution in [3.63, 3.8) is 0 Å². The van der Waals surface area contributed by atoms with E-state index in [2.05, 4.69) is 9.72 Å². The number of aromatic nitrogens is 1. The molecule has 0 bridgehead atoms. The topological polar surface area (TPSA) is 39.2 Å². The molecule has 0 spiro atoms. The fraction of sp³-hybridized carbons (Fsp3) is 0.400. The van der Waals surface area contributed by atoms with Gasteiger partial charge in [0.05, 0.1) is 13.5 Å². The predicted octanol–water partition coefficient (Wildman–Crippen LogP) is 1.41. The molecule has 13 heavy (non-hydrogen) atoms. The third-order valence-electron chi connectivity index (χ3n) is 2.05. The number of pyridine rings is 1. The normalized spacial score (nSPS) is 9.77. The van der Waals surface area contributed by atoms with Crippen LogP contribution in [0.25, 0.3) is 0 Å². The number of hydrogen-bond acceptors (Lipinski definition) is 3. The number of nitrogens with zero attached hydrogens (tertiary/aromatic N) is 1. The first-order valence-electron chi connectivity index (χ1n) is 4.13. The second-order valence-electron chi connectivity index (χ2n) is 2.94. The van der Waals surface area contributed by atoms with Crippen molar-refractivity contribution in [2.45, 2.75) is 20.3 Å². The third kappa shape index (κ3) is 2.28. The van der Waals surface area contributed by atoms with Crippen LogP contribution in [0.15, 0.2) is 12.3 Å². The minimum absolute atomic E-state index is 0.223. The van der Waals surface area contributed by atoms with Gasteiger partial charge in [0.2, 0.25) is 0 Å². The van der Waals surface area contributed by atoms with Gasteiger partial charge < -0.3 is 4.74 Å². The molecule has 0 aliphatic rings. The second-order valence-corrected chi connectivity index (χ2v) is 2.94. The van der Waals surface area contributed by atoms with Gasteiger partial charge in [-0.1, -0.05) is 0 Å². The van der Waals surface area contributed by atoms with Gasteiger partial charge in [-0.25, -0.2) is 0 Å². The molecule has 0 aliphatic heterocycles. The average molecular weight is 179 g/mol. The molecule has 3 nitrogen and oxygen atoms in total. The van der Waals surface area contributed by atoms with Crippen LogP contribution in [0.4, 0.5) is 0 Å². The van der Waals surface area contributed by atoms with Gasteiger partial charge in [-0.15, -0.1) is 0 Å². The fourth-order valence-electron chi connectivity index (χ4n) is 1.21. The highest BCUT2D eigenvalue weighted by Gasteiger charge is 2.08. The maximum atomic E-state index is 11.0. The van der Waals surface area contributed by atoms with E-state index >= 15 is 0 Å². The quantitative estimate of drug-likeness (QED) is 0.644. The van der Waals surface area contributed by atoms with Crippen LogP contribution >= 0.6 is 0 Å². The summed E-state index contributed by atoms with van der Waals surface area (Å²) in [6, 6.07) is 1.89. The van der Waals surface area contributed by atoms with E-state index in [1.54, 1.807) is 6.20 Å². The molecule has 1 aromatic rings. The lowest BCUT2D eigenvalue weighted by atomic mass is 10.1. The van der Waals surface area contributed by atoms with E-state index in [1.807, 2.05) is 19.9 Å². The van der Waals surface area contributed by atoms with Crippen molar-refractivity contribution in [2.24, 2.45) is 0 Å². The van der Waals surface area contributed by atoms with Crippen LogP contribution in [0.5, 0.6) is 0 Å². The van der Waals surface area contributed by atoms with E-state index in [-0.39, 0.29) is 5.97 Å². The van der Waals surface area contributed by atoms with Gasteiger partial charge in [0.1, 0.15) is 0 Å². The standard InChI is InChI=1S/C10H13NO2/c1-7-4-5-11-8(2)9(7)6-10(12)13-3/h4-5H,6H2,1-3H3. The molecule has 0 aromatic carbocycles. The Hall–Kier alpha value is -1.38. The van der Waals surface area contributed by atoms with Crippen LogP contribution in [0.2, 0.25) is 0 Å². The lowest BCUT2D eigenvalue weighted by molar-refractivity contribution is -0.139. The van der Waals surface area contributed by atoms with Crippen LogP contribution in [0, 0.1) is 13.8 Å². The van der Waals surface area contributed by atoms with E-state index in [4.69, 9.17) is 0 Å². The molecule has 0 atom stereocenters. The van der Waals surface area contributed by atoms with Gasteiger partial charge in [-0.05, 0) is 31.0 Å². The van der Waals surface area contributed by atoms with Gasteiger partial charge in [0.25, 0.3) is 0 Å². The Morgan fingerprint density at radius 3 is 2.77 bits per heavy atom. The highest BCUT2D eigenvalue weighted by Crippen LogP contribution is 2.11. The van der Waals surface area contributed by atoms with Crippen molar-refractivity contribution in [3.8, 4) is 0 Å². The summed E-state index contributed by atoms with van der Waals surface area (Å²) >= 11 is 0. The van der Waals surface area contributed by atoms with E-state index in [1.165, 1.54) is 7.11 Å². The highest BCUT2D eigenvalue weighted by atomic mass is 16.5. The second kappa shape index (κ2) is 4.03. The Morgan fingerprint density at radius 1 is 1.54 bits per heavy atom. The van der Waals surface area contributed by atoms with Gasteiger partial charge in [0, 0.05) is 11.9 Å². The summed E-state index contributed by atoms with van der Waals surface area (Å²) < 4.78 is 4.60.